The molecule has 0 unspecified atom stereocenters. The average Bonchev–Trinajstić information content (AvgIpc) is 2.39. The summed E-state index contributed by atoms with van der Waals surface area (Å²) in [5, 5.41) is 3.38. The minimum atomic E-state index is -0.260. The third-order valence-corrected chi connectivity index (χ3v) is 3.88. The van der Waals surface area contributed by atoms with Gasteiger partial charge >= 0.3 is 0 Å². The quantitative estimate of drug-likeness (QED) is 0.871. The van der Waals surface area contributed by atoms with Crippen LogP contribution in [0, 0.1) is 17.7 Å². The van der Waals surface area contributed by atoms with E-state index in [9.17, 15) is 4.39 Å². The molecule has 0 bridgehead atoms. The molecule has 0 aromatic heterocycles. The predicted octanol–water partition coefficient (Wildman–Crippen LogP) is 4.07. The fraction of sp³-hybridized carbons (Fsp3) is 0.600. The van der Waals surface area contributed by atoms with Gasteiger partial charge in [-0.15, -0.1) is 0 Å². The Morgan fingerprint density at radius 1 is 1.28 bits per heavy atom. The zero-order chi connectivity index (χ0) is 13.0. The molecule has 1 N–H and O–H groups in total. The molecule has 1 aromatic rings. The van der Waals surface area contributed by atoms with Crippen molar-refractivity contribution in [3.8, 4) is 5.75 Å². The Morgan fingerprint density at radius 2 is 2.00 bits per heavy atom. The largest absolute Gasteiger partial charge is 0.494 e. The number of anilines is 1. The van der Waals surface area contributed by atoms with Crippen LogP contribution in [0.1, 0.15) is 32.6 Å². The van der Waals surface area contributed by atoms with Crippen molar-refractivity contribution in [2.75, 3.05) is 19.0 Å². The minimum absolute atomic E-state index is 0.260. The average molecular weight is 251 g/mol. The van der Waals surface area contributed by atoms with Crippen LogP contribution in [0.15, 0.2) is 18.2 Å². The lowest BCUT2D eigenvalue weighted by Crippen LogP contribution is -2.20. The molecular weight excluding hydrogens is 229 g/mol. The van der Waals surface area contributed by atoms with Gasteiger partial charge in [-0.3, -0.25) is 0 Å². The van der Waals surface area contributed by atoms with Crippen LogP contribution in [0.5, 0.6) is 5.75 Å². The summed E-state index contributed by atoms with van der Waals surface area (Å²) in [6.45, 7) is 3.28. The summed E-state index contributed by atoms with van der Waals surface area (Å²) in [7, 11) is 1.57. The van der Waals surface area contributed by atoms with E-state index in [1.165, 1.54) is 37.8 Å². The molecule has 2 nitrogen and oxygen atoms in total. The van der Waals surface area contributed by atoms with Gasteiger partial charge in [-0.25, -0.2) is 4.39 Å². The number of ether oxygens (including phenoxy) is 1. The number of methoxy groups -OCH3 is 1. The molecule has 2 rings (SSSR count). The summed E-state index contributed by atoms with van der Waals surface area (Å²) < 4.78 is 18.2. The van der Waals surface area contributed by atoms with E-state index in [0.29, 0.717) is 5.75 Å². The number of benzene rings is 1. The van der Waals surface area contributed by atoms with Crippen LogP contribution >= 0.6 is 0 Å². The molecule has 1 aromatic carbocycles. The van der Waals surface area contributed by atoms with Crippen LogP contribution < -0.4 is 10.1 Å². The van der Waals surface area contributed by atoms with Crippen molar-refractivity contribution in [1.29, 1.82) is 0 Å². The number of hydrogen-bond acceptors (Lipinski definition) is 2. The van der Waals surface area contributed by atoms with Gasteiger partial charge in [0.15, 0.2) is 0 Å². The lowest BCUT2D eigenvalue weighted by molar-refractivity contribution is 0.300. The van der Waals surface area contributed by atoms with E-state index in [2.05, 4.69) is 12.2 Å². The standard InChI is InChI=1S/C15H22FNO/c1-11-3-5-12(6-4-11)10-17-14-8-7-13(16)9-15(14)18-2/h7-9,11-12,17H,3-6,10H2,1-2H3. The molecule has 1 aliphatic rings. The summed E-state index contributed by atoms with van der Waals surface area (Å²) in [6.07, 6.45) is 5.23. The van der Waals surface area contributed by atoms with Crippen molar-refractivity contribution in [3.05, 3.63) is 24.0 Å². The van der Waals surface area contributed by atoms with E-state index in [4.69, 9.17) is 4.74 Å². The van der Waals surface area contributed by atoms with E-state index in [-0.39, 0.29) is 5.82 Å². The Hall–Kier alpha value is -1.25. The maximum absolute atomic E-state index is 13.1. The van der Waals surface area contributed by atoms with Crippen LogP contribution in [0.3, 0.4) is 0 Å². The first-order chi connectivity index (χ1) is 8.69. The Labute approximate surface area is 109 Å². The third kappa shape index (κ3) is 3.37. The lowest BCUT2D eigenvalue weighted by Gasteiger charge is -2.26. The van der Waals surface area contributed by atoms with Gasteiger partial charge in [0.05, 0.1) is 12.8 Å². The fourth-order valence-electron chi connectivity index (χ4n) is 2.60. The summed E-state index contributed by atoms with van der Waals surface area (Å²) >= 11 is 0. The first-order valence-electron chi connectivity index (χ1n) is 6.76. The smallest absolute Gasteiger partial charge is 0.144 e. The van der Waals surface area contributed by atoms with E-state index < -0.39 is 0 Å². The molecule has 0 atom stereocenters. The molecule has 0 aliphatic heterocycles. The molecule has 100 valence electrons. The molecule has 18 heavy (non-hydrogen) atoms. The number of rotatable bonds is 4. The number of nitrogens with one attached hydrogen (secondary N) is 1. The van der Waals surface area contributed by atoms with Crippen molar-refractivity contribution < 1.29 is 9.13 Å². The Morgan fingerprint density at radius 3 is 2.67 bits per heavy atom. The van der Waals surface area contributed by atoms with Crippen molar-refractivity contribution in [1.82, 2.24) is 0 Å². The van der Waals surface area contributed by atoms with Gasteiger partial charge in [0.25, 0.3) is 0 Å². The maximum atomic E-state index is 13.1. The molecule has 3 heteroatoms. The summed E-state index contributed by atoms with van der Waals surface area (Å²) in [6, 6.07) is 4.64. The van der Waals surface area contributed by atoms with Crippen molar-refractivity contribution in [2.24, 2.45) is 11.8 Å². The first kappa shape index (κ1) is 13.2. The predicted molar refractivity (Wildman–Crippen MR) is 72.6 cm³/mol. The van der Waals surface area contributed by atoms with Crippen LogP contribution in [0.4, 0.5) is 10.1 Å². The topological polar surface area (TPSA) is 21.3 Å². The Bertz CT molecular complexity index is 386. The molecule has 0 spiro atoms. The van der Waals surface area contributed by atoms with Gasteiger partial charge in [-0.05, 0) is 36.8 Å². The minimum Gasteiger partial charge on any atom is -0.494 e. The van der Waals surface area contributed by atoms with Crippen molar-refractivity contribution >= 4 is 5.69 Å². The fourth-order valence-corrected chi connectivity index (χ4v) is 2.60. The molecule has 0 radical (unpaired) electrons. The highest BCUT2D eigenvalue weighted by molar-refractivity contribution is 5.56. The number of halogens is 1. The molecule has 1 fully saturated rings. The summed E-state index contributed by atoms with van der Waals surface area (Å²) in [5.41, 5.74) is 0.887. The maximum Gasteiger partial charge on any atom is 0.144 e. The second-order valence-electron chi connectivity index (χ2n) is 5.35. The molecule has 0 saturated heterocycles. The van der Waals surface area contributed by atoms with Gasteiger partial charge in [0.2, 0.25) is 0 Å². The van der Waals surface area contributed by atoms with Gasteiger partial charge in [0.1, 0.15) is 11.6 Å². The normalized spacial score (nSPS) is 23.7. The van der Waals surface area contributed by atoms with Gasteiger partial charge in [0, 0.05) is 12.6 Å². The van der Waals surface area contributed by atoms with Crippen LogP contribution in [0.2, 0.25) is 0 Å². The molecular formula is C15H22FNO. The van der Waals surface area contributed by atoms with Crippen LogP contribution in [0.25, 0.3) is 0 Å². The van der Waals surface area contributed by atoms with Gasteiger partial charge in [-0.2, -0.15) is 0 Å². The SMILES string of the molecule is COc1cc(F)ccc1NCC1CCC(C)CC1. The van der Waals surface area contributed by atoms with Crippen molar-refractivity contribution in [3.63, 3.8) is 0 Å². The zero-order valence-corrected chi connectivity index (χ0v) is 11.2. The molecule has 0 heterocycles. The zero-order valence-electron chi connectivity index (χ0n) is 11.2. The molecule has 1 saturated carbocycles. The van der Waals surface area contributed by atoms with Crippen molar-refractivity contribution in [2.45, 2.75) is 32.6 Å². The third-order valence-electron chi connectivity index (χ3n) is 3.88. The second kappa shape index (κ2) is 6.07. The summed E-state index contributed by atoms with van der Waals surface area (Å²) in [4.78, 5) is 0. The number of hydrogen-bond donors (Lipinski definition) is 1. The second-order valence-corrected chi connectivity index (χ2v) is 5.35. The van der Waals surface area contributed by atoms with Gasteiger partial charge < -0.3 is 10.1 Å². The highest BCUT2D eigenvalue weighted by atomic mass is 19.1. The Balaban J connectivity index is 1.90. The monoisotopic (exact) mass is 251 g/mol. The van der Waals surface area contributed by atoms with Gasteiger partial charge in [-0.1, -0.05) is 19.8 Å². The van der Waals surface area contributed by atoms with E-state index >= 15 is 0 Å². The van der Waals surface area contributed by atoms with E-state index in [0.717, 1.165) is 24.1 Å². The molecule has 1 aliphatic carbocycles. The van der Waals surface area contributed by atoms with Crippen LogP contribution in [-0.4, -0.2) is 13.7 Å². The molecule has 0 amide bonds. The van der Waals surface area contributed by atoms with E-state index in [1.54, 1.807) is 13.2 Å². The van der Waals surface area contributed by atoms with Crippen LogP contribution in [-0.2, 0) is 0 Å². The Kier molecular flexibility index (Phi) is 4.45. The first-order valence-corrected chi connectivity index (χ1v) is 6.76. The summed E-state index contributed by atoms with van der Waals surface area (Å²) in [5.74, 6) is 1.93. The van der Waals surface area contributed by atoms with E-state index in [1.807, 2.05) is 0 Å². The highest BCUT2D eigenvalue weighted by Crippen LogP contribution is 2.30. The highest BCUT2D eigenvalue weighted by Gasteiger charge is 2.18. The lowest BCUT2D eigenvalue weighted by atomic mass is 9.83.